The first kappa shape index (κ1) is 17.9. The lowest BCUT2D eigenvalue weighted by Crippen LogP contribution is -2.36. The number of fused-ring (bicyclic) bond motifs is 1. The number of hydrogen-bond donors (Lipinski definition) is 1. The van der Waals surface area contributed by atoms with E-state index in [9.17, 15) is 4.79 Å². The molecule has 148 valence electrons. The number of Topliss-reactive ketones (excluding diaryl/α,β-unsaturated/α-hetero) is 1. The van der Waals surface area contributed by atoms with Gasteiger partial charge in [0.15, 0.2) is 11.6 Å². The van der Waals surface area contributed by atoms with E-state index in [4.69, 9.17) is 14.5 Å². The van der Waals surface area contributed by atoms with E-state index in [1.807, 2.05) is 50.2 Å². The summed E-state index contributed by atoms with van der Waals surface area (Å²) in [4.78, 5) is 18.0. The van der Waals surface area contributed by atoms with Crippen molar-refractivity contribution in [1.29, 1.82) is 0 Å². The van der Waals surface area contributed by atoms with Crippen molar-refractivity contribution >= 4 is 11.7 Å². The van der Waals surface area contributed by atoms with Gasteiger partial charge in [-0.25, -0.2) is 4.68 Å². The van der Waals surface area contributed by atoms with Crippen molar-refractivity contribution in [1.82, 2.24) is 14.8 Å². The maximum atomic E-state index is 13.2. The second-order valence-corrected chi connectivity index (χ2v) is 8.83. The van der Waals surface area contributed by atoms with Crippen LogP contribution in [0.15, 0.2) is 52.1 Å². The Bertz CT molecular complexity index is 1170. The molecular formula is C23H24N4O2. The van der Waals surface area contributed by atoms with Gasteiger partial charge in [0, 0.05) is 23.3 Å². The molecule has 0 saturated carbocycles. The molecule has 1 aromatic carbocycles. The molecule has 0 fully saturated rings. The number of anilines is 1. The third-order valence-electron chi connectivity index (χ3n) is 5.75. The Morgan fingerprint density at radius 1 is 1.14 bits per heavy atom. The smallest absolute Gasteiger partial charge is 0.227 e. The first-order chi connectivity index (χ1) is 13.8. The Labute approximate surface area is 169 Å². The molecule has 2 aliphatic rings. The summed E-state index contributed by atoms with van der Waals surface area (Å²) in [6, 6.07) is 11.5. The van der Waals surface area contributed by atoms with Crippen molar-refractivity contribution in [3.63, 3.8) is 0 Å². The third-order valence-corrected chi connectivity index (χ3v) is 5.75. The predicted molar refractivity (Wildman–Crippen MR) is 110 cm³/mol. The number of allylic oxidation sites excluding steroid dienone is 2. The van der Waals surface area contributed by atoms with Crippen molar-refractivity contribution < 1.29 is 9.21 Å². The number of aryl methyl sites for hydroxylation is 2. The summed E-state index contributed by atoms with van der Waals surface area (Å²) in [5.41, 5.74) is 3.67. The molecule has 6 nitrogen and oxygen atoms in total. The van der Waals surface area contributed by atoms with E-state index in [-0.39, 0.29) is 11.2 Å². The van der Waals surface area contributed by atoms with E-state index >= 15 is 0 Å². The fraction of sp³-hybridized carbons (Fsp3) is 0.348. The normalized spacial score (nSPS) is 20.3. The summed E-state index contributed by atoms with van der Waals surface area (Å²) in [5, 5.41) is 8.22. The molecule has 3 heterocycles. The Kier molecular flexibility index (Phi) is 3.81. The number of benzene rings is 1. The molecule has 1 aliphatic carbocycles. The number of nitrogens with one attached hydrogen (secondary N) is 1. The maximum Gasteiger partial charge on any atom is 0.227 e. The van der Waals surface area contributed by atoms with Gasteiger partial charge >= 0.3 is 0 Å². The molecule has 0 spiro atoms. The summed E-state index contributed by atoms with van der Waals surface area (Å²) in [6.07, 6.45) is 1.30. The van der Waals surface area contributed by atoms with Crippen molar-refractivity contribution in [3.8, 4) is 11.4 Å². The molecule has 1 atom stereocenters. The van der Waals surface area contributed by atoms with E-state index < -0.39 is 6.04 Å². The highest BCUT2D eigenvalue weighted by Crippen LogP contribution is 2.46. The first-order valence-corrected chi connectivity index (χ1v) is 9.94. The fourth-order valence-corrected chi connectivity index (χ4v) is 4.41. The molecule has 1 unspecified atom stereocenters. The number of furan rings is 1. The Balaban J connectivity index is 1.69. The van der Waals surface area contributed by atoms with Crippen LogP contribution in [0.3, 0.4) is 0 Å². The monoisotopic (exact) mass is 388 g/mol. The molecule has 1 aliphatic heterocycles. The molecule has 0 bridgehead atoms. The van der Waals surface area contributed by atoms with Gasteiger partial charge in [0.25, 0.3) is 0 Å². The lowest BCUT2D eigenvalue weighted by Gasteiger charge is -2.37. The van der Waals surface area contributed by atoms with Crippen LogP contribution in [0.25, 0.3) is 11.4 Å². The molecule has 0 amide bonds. The average molecular weight is 388 g/mol. The van der Waals surface area contributed by atoms with E-state index in [1.54, 1.807) is 4.68 Å². The molecule has 2 aromatic heterocycles. The van der Waals surface area contributed by atoms with Crippen LogP contribution in [0, 0.1) is 19.3 Å². The molecule has 0 radical (unpaired) electrons. The quantitative estimate of drug-likeness (QED) is 0.682. The first-order valence-electron chi connectivity index (χ1n) is 9.94. The number of carbonyl (C=O) groups excluding carboxylic acids is 1. The van der Waals surface area contributed by atoms with Crippen LogP contribution in [0.5, 0.6) is 0 Å². The standard InChI is InChI=1S/C23H24N4O2/c1-13-7-5-6-8-15(13)21-25-22-24-16-11-23(3,4)12-17(28)19(16)20(27(22)26-21)18-10-9-14(2)29-18/h5-10,20H,11-12H2,1-4H3,(H,24,25,26). The zero-order chi connectivity index (χ0) is 20.3. The number of ketones is 1. The minimum Gasteiger partial charge on any atom is -0.464 e. The van der Waals surface area contributed by atoms with Gasteiger partial charge in [-0.2, -0.15) is 4.98 Å². The van der Waals surface area contributed by atoms with Crippen LogP contribution in [0.4, 0.5) is 5.95 Å². The molecule has 29 heavy (non-hydrogen) atoms. The minimum absolute atomic E-state index is 0.0897. The zero-order valence-corrected chi connectivity index (χ0v) is 17.1. The van der Waals surface area contributed by atoms with Crippen molar-refractivity contribution in [2.45, 2.75) is 46.6 Å². The molecule has 3 aromatic rings. The second kappa shape index (κ2) is 6.17. The molecule has 6 heteroatoms. The van der Waals surface area contributed by atoms with Crippen molar-refractivity contribution in [3.05, 3.63) is 64.8 Å². The Morgan fingerprint density at radius 2 is 1.93 bits per heavy atom. The van der Waals surface area contributed by atoms with Gasteiger partial charge in [-0.1, -0.05) is 38.1 Å². The highest BCUT2D eigenvalue weighted by molar-refractivity contribution is 6.00. The number of carbonyl (C=O) groups is 1. The zero-order valence-electron chi connectivity index (χ0n) is 17.1. The fourth-order valence-electron chi connectivity index (χ4n) is 4.41. The highest BCUT2D eigenvalue weighted by Gasteiger charge is 2.43. The largest absolute Gasteiger partial charge is 0.464 e. The average Bonchev–Trinajstić information content (AvgIpc) is 3.25. The Morgan fingerprint density at radius 3 is 2.66 bits per heavy atom. The Hall–Kier alpha value is -3.15. The summed E-state index contributed by atoms with van der Waals surface area (Å²) in [7, 11) is 0. The summed E-state index contributed by atoms with van der Waals surface area (Å²) < 4.78 is 7.77. The van der Waals surface area contributed by atoms with Crippen molar-refractivity contribution in [2.75, 3.05) is 5.32 Å². The van der Waals surface area contributed by atoms with E-state index in [0.29, 0.717) is 24.0 Å². The molecule has 5 rings (SSSR count). The minimum atomic E-state index is -0.399. The second-order valence-electron chi connectivity index (χ2n) is 8.83. The topological polar surface area (TPSA) is 73.0 Å². The van der Waals surface area contributed by atoms with Gasteiger partial charge in [0.05, 0.1) is 0 Å². The summed E-state index contributed by atoms with van der Waals surface area (Å²) >= 11 is 0. The van der Waals surface area contributed by atoms with Crippen LogP contribution in [-0.2, 0) is 4.79 Å². The molecule has 1 N–H and O–H groups in total. The van der Waals surface area contributed by atoms with Gasteiger partial charge in [-0.3, -0.25) is 4.79 Å². The SMILES string of the molecule is Cc1ccc(C2C3=C(CC(C)(C)CC3=O)Nc3nc(-c4ccccc4C)nn32)o1. The predicted octanol–water partition coefficient (Wildman–Crippen LogP) is 4.81. The number of rotatable bonds is 2. The lowest BCUT2D eigenvalue weighted by molar-refractivity contribution is -0.118. The van der Waals surface area contributed by atoms with Gasteiger partial charge in [0.2, 0.25) is 5.95 Å². The maximum absolute atomic E-state index is 13.2. The van der Waals surface area contributed by atoms with Crippen LogP contribution in [0.1, 0.15) is 49.8 Å². The number of nitrogens with zero attached hydrogens (tertiary/aromatic N) is 3. The van der Waals surface area contributed by atoms with Crippen molar-refractivity contribution in [2.24, 2.45) is 5.41 Å². The summed E-state index contributed by atoms with van der Waals surface area (Å²) in [6.45, 7) is 8.21. The van der Waals surface area contributed by atoms with Crippen LogP contribution in [-0.4, -0.2) is 20.5 Å². The van der Waals surface area contributed by atoms with E-state index in [2.05, 4.69) is 19.2 Å². The number of aromatic nitrogens is 3. The molecule has 0 saturated heterocycles. The highest BCUT2D eigenvalue weighted by atomic mass is 16.3. The number of hydrogen-bond acceptors (Lipinski definition) is 5. The van der Waals surface area contributed by atoms with Crippen LogP contribution < -0.4 is 5.32 Å². The van der Waals surface area contributed by atoms with E-state index in [1.165, 1.54) is 0 Å². The van der Waals surface area contributed by atoms with Gasteiger partial charge in [-0.15, -0.1) is 5.10 Å². The summed E-state index contributed by atoms with van der Waals surface area (Å²) in [5.74, 6) is 2.95. The molecular weight excluding hydrogens is 364 g/mol. The van der Waals surface area contributed by atoms with Gasteiger partial charge < -0.3 is 9.73 Å². The van der Waals surface area contributed by atoms with Gasteiger partial charge in [-0.05, 0) is 43.4 Å². The lowest BCUT2D eigenvalue weighted by atomic mass is 9.73. The van der Waals surface area contributed by atoms with Crippen LogP contribution >= 0.6 is 0 Å². The van der Waals surface area contributed by atoms with Gasteiger partial charge in [0.1, 0.15) is 17.6 Å². The van der Waals surface area contributed by atoms with E-state index in [0.717, 1.165) is 34.6 Å². The third kappa shape index (κ3) is 2.90. The van der Waals surface area contributed by atoms with Crippen LogP contribution in [0.2, 0.25) is 0 Å².